The van der Waals surface area contributed by atoms with E-state index in [4.69, 9.17) is 4.74 Å². The Hall–Kier alpha value is -0.860. The lowest BCUT2D eigenvalue weighted by atomic mass is 9.89. The van der Waals surface area contributed by atoms with Crippen LogP contribution in [0.3, 0.4) is 0 Å². The third kappa shape index (κ3) is 3.12. The predicted molar refractivity (Wildman–Crippen MR) is 73.5 cm³/mol. The fourth-order valence-electron chi connectivity index (χ4n) is 2.53. The Morgan fingerprint density at radius 2 is 2.17 bits per heavy atom. The van der Waals surface area contributed by atoms with Gasteiger partial charge >= 0.3 is 0 Å². The lowest BCUT2D eigenvalue weighted by Gasteiger charge is -2.27. The van der Waals surface area contributed by atoms with Crippen molar-refractivity contribution in [2.75, 3.05) is 6.61 Å². The number of rotatable bonds is 5. The molecular formula is C16H24O2. The van der Waals surface area contributed by atoms with Crippen LogP contribution in [-0.2, 0) is 11.2 Å². The average Bonchev–Trinajstić information content (AvgIpc) is 2.43. The molecule has 1 N–H and O–H groups in total. The molecule has 2 nitrogen and oxygen atoms in total. The number of hydrogen-bond donors (Lipinski definition) is 1. The van der Waals surface area contributed by atoms with Crippen molar-refractivity contribution in [3.05, 3.63) is 35.4 Å². The molecule has 1 aliphatic carbocycles. The van der Waals surface area contributed by atoms with Crippen molar-refractivity contribution in [1.29, 1.82) is 0 Å². The third-order valence-electron chi connectivity index (χ3n) is 4.08. The maximum atomic E-state index is 9.97. The average molecular weight is 248 g/mol. The molecule has 18 heavy (non-hydrogen) atoms. The zero-order valence-electron chi connectivity index (χ0n) is 11.4. The van der Waals surface area contributed by atoms with E-state index in [2.05, 4.69) is 38.1 Å². The Kier molecular flexibility index (Phi) is 4.79. The lowest BCUT2D eigenvalue weighted by Crippen LogP contribution is -2.25. The minimum atomic E-state index is -0.343. The van der Waals surface area contributed by atoms with Gasteiger partial charge in [0.15, 0.2) is 0 Å². The van der Waals surface area contributed by atoms with Crippen molar-refractivity contribution >= 4 is 0 Å². The van der Waals surface area contributed by atoms with E-state index in [1.165, 1.54) is 17.5 Å². The number of ether oxygens (including phenoxy) is 1. The third-order valence-corrected chi connectivity index (χ3v) is 4.08. The summed E-state index contributed by atoms with van der Waals surface area (Å²) in [5.74, 6) is 0.309. The van der Waals surface area contributed by atoms with Crippen molar-refractivity contribution in [2.45, 2.75) is 51.7 Å². The quantitative estimate of drug-likeness (QED) is 0.864. The van der Waals surface area contributed by atoms with E-state index in [0.29, 0.717) is 12.5 Å². The number of benzene rings is 1. The Labute approximate surface area is 110 Å². The van der Waals surface area contributed by atoms with Crippen LogP contribution < -0.4 is 0 Å². The predicted octanol–water partition coefficient (Wildman–Crippen LogP) is 3.49. The van der Waals surface area contributed by atoms with Crippen molar-refractivity contribution < 1.29 is 9.84 Å². The van der Waals surface area contributed by atoms with Crippen molar-refractivity contribution in [3.63, 3.8) is 0 Å². The summed E-state index contributed by atoms with van der Waals surface area (Å²) in [6, 6.07) is 8.52. The number of aryl methyl sites for hydroxylation is 1. The van der Waals surface area contributed by atoms with E-state index in [-0.39, 0.29) is 12.2 Å². The molecule has 0 bridgehead atoms. The number of aliphatic hydroxyl groups excluding tert-OH is 1. The molecule has 2 rings (SSSR count). The molecule has 2 heteroatoms. The molecule has 1 aromatic rings. The van der Waals surface area contributed by atoms with Gasteiger partial charge in [-0.25, -0.2) is 0 Å². The standard InChI is InChI=1S/C16H24O2/c1-3-12(2)15(17)11-18-16-10-6-8-13-7-4-5-9-14(13)16/h4-5,7,9,12,15-17H,3,6,8,10-11H2,1-2H3. The van der Waals surface area contributed by atoms with Crippen LogP contribution in [0, 0.1) is 5.92 Å². The molecule has 0 spiro atoms. The van der Waals surface area contributed by atoms with Crippen LogP contribution in [0.25, 0.3) is 0 Å². The van der Waals surface area contributed by atoms with Gasteiger partial charge in [0.05, 0.1) is 18.8 Å². The lowest BCUT2D eigenvalue weighted by molar-refractivity contribution is -0.0356. The zero-order valence-corrected chi connectivity index (χ0v) is 11.4. The van der Waals surface area contributed by atoms with E-state index in [1.54, 1.807) is 0 Å². The summed E-state index contributed by atoms with van der Waals surface area (Å²) < 4.78 is 5.94. The summed E-state index contributed by atoms with van der Waals surface area (Å²) in [7, 11) is 0. The summed E-state index contributed by atoms with van der Waals surface area (Å²) >= 11 is 0. The first-order valence-electron chi connectivity index (χ1n) is 7.09. The van der Waals surface area contributed by atoms with Crippen LogP contribution in [0.5, 0.6) is 0 Å². The highest BCUT2D eigenvalue weighted by atomic mass is 16.5. The topological polar surface area (TPSA) is 29.5 Å². The van der Waals surface area contributed by atoms with Crippen molar-refractivity contribution in [3.8, 4) is 0 Å². The second kappa shape index (κ2) is 6.35. The number of hydrogen-bond acceptors (Lipinski definition) is 2. The minimum absolute atomic E-state index is 0.175. The SMILES string of the molecule is CCC(C)C(O)COC1CCCc2ccccc21. The summed E-state index contributed by atoms with van der Waals surface area (Å²) in [6.07, 6.45) is 4.24. The Balaban J connectivity index is 1.95. The molecular weight excluding hydrogens is 224 g/mol. The van der Waals surface area contributed by atoms with Gasteiger partial charge in [0.1, 0.15) is 0 Å². The Bertz CT molecular complexity index is 375. The van der Waals surface area contributed by atoms with Crippen LogP contribution in [0.4, 0.5) is 0 Å². The van der Waals surface area contributed by atoms with Crippen LogP contribution in [0.1, 0.15) is 50.3 Å². The van der Waals surface area contributed by atoms with Gasteiger partial charge in [-0.2, -0.15) is 0 Å². The van der Waals surface area contributed by atoms with Gasteiger partial charge in [0.2, 0.25) is 0 Å². The highest BCUT2D eigenvalue weighted by Crippen LogP contribution is 2.32. The van der Waals surface area contributed by atoms with Gasteiger partial charge in [-0.05, 0) is 36.3 Å². The Morgan fingerprint density at radius 3 is 2.94 bits per heavy atom. The normalized spacial score (nSPS) is 22.3. The highest BCUT2D eigenvalue weighted by Gasteiger charge is 2.22. The van der Waals surface area contributed by atoms with Crippen LogP contribution in [0.2, 0.25) is 0 Å². The molecule has 0 saturated heterocycles. The summed E-state index contributed by atoms with van der Waals surface area (Å²) in [5.41, 5.74) is 2.73. The van der Waals surface area contributed by atoms with Crippen LogP contribution in [0.15, 0.2) is 24.3 Å². The molecule has 0 aliphatic heterocycles. The van der Waals surface area contributed by atoms with Crippen LogP contribution in [-0.4, -0.2) is 17.8 Å². The summed E-state index contributed by atoms with van der Waals surface area (Å²) in [6.45, 7) is 4.63. The van der Waals surface area contributed by atoms with E-state index in [9.17, 15) is 5.11 Å². The second-order valence-electron chi connectivity index (χ2n) is 5.37. The minimum Gasteiger partial charge on any atom is -0.390 e. The summed E-state index contributed by atoms with van der Waals surface area (Å²) in [5, 5.41) is 9.97. The zero-order chi connectivity index (χ0) is 13.0. The van der Waals surface area contributed by atoms with E-state index in [0.717, 1.165) is 19.3 Å². The molecule has 0 amide bonds. The van der Waals surface area contributed by atoms with Gasteiger partial charge in [-0.15, -0.1) is 0 Å². The van der Waals surface area contributed by atoms with Crippen molar-refractivity contribution in [1.82, 2.24) is 0 Å². The maximum absolute atomic E-state index is 9.97. The first kappa shape index (κ1) is 13.6. The van der Waals surface area contributed by atoms with Gasteiger partial charge in [-0.1, -0.05) is 44.5 Å². The fourth-order valence-corrected chi connectivity index (χ4v) is 2.53. The largest absolute Gasteiger partial charge is 0.390 e. The molecule has 0 saturated carbocycles. The molecule has 1 aromatic carbocycles. The highest BCUT2D eigenvalue weighted by molar-refractivity contribution is 5.31. The second-order valence-corrected chi connectivity index (χ2v) is 5.37. The van der Waals surface area contributed by atoms with E-state index in [1.807, 2.05) is 0 Å². The molecule has 100 valence electrons. The van der Waals surface area contributed by atoms with Crippen LogP contribution >= 0.6 is 0 Å². The van der Waals surface area contributed by atoms with E-state index >= 15 is 0 Å². The summed E-state index contributed by atoms with van der Waals surface area (Å²) in [4.78, 5) is 0. The van der Waals surface area contributed by atoms with Gasteiger partial charge in [0.25, 0.3) is 0 Å². The first-order valence-corrected chi connectivity index (χ1v) is 7.09. The fraction of sp³-hybridized carbons (Fsp3) is 0.625. The molecule has 3 atom stereocenters. The smallest absolute Gasteiger partial charge is 0.0829 e. The monoisotopic (exact) mass is 248 g/mol. The molecule has 1 aliphatic rings. The Morgan fingerprint density at radius 1 is 1.39 bits per heavy atom. The van der Waals surface area contributed by atoms with Gasteiger partial charge in [-0.3, -0.25) is 0 Å². The molecule has 0 heterocycles. The molecule has 3 unspecified atom stereocenters. The van der Waals surface area contributed by atoms with Gasteiger partial charge < -0.3 is 9.84 Å². The molecule has 0 fully saturated rings. The number of fused-ring (bicyclic) bond motifs is 1. The number of aliphatic hydroxyl groups is 1. The molecule has 0 aromatic heterocycles. The van der Waals surface area contributed by atoms with Gasteiger partial charge in [0, 0.05) is 0 Å². The first-order chi connectivity index (χ1) is 8.72. The molecule has 0 radical (unpaired) electrons. The van der Waals surface area contributed by atoms with Crippen molar-refractivity contribution in [2.24, 2.45) is 5.92 Å². The maximum Gasteiger partial charge on any atom is 0.0829 e. The van der Waals surface area contributed by atoms with E-state index < -0.39 is 0 Å².